The third-order valence-corrected chi connectivity index (χ3v) is 6.79. The first-order valence-corrected chi connectivity index (χ1v) is 10.5. The van der Waals surface area contributed by atoms with Crippen molar-refractivity contribution in [3.63, 3.8) is 0 Å². The summed E-state index contributed by atoms with van der Waals surface area (Å²) in [5.41, 5.74) is 0.253. The molecule has 4 fully saturated rings. The number of rotatable bonds is 9. The van der Waals surface area contributed by atoms with Gasteiger partial charge in [0.05, 0.1) is 6.54 Å². The van der Waals surface area contributed by atoms with Crippen molar-refractivity contribution in [2.24, 2.45) is 23.2 Å². The normalized spacial score (nSPS) is 33.9. The van der Waals surface area contributed by atoms with E-state index in [4.69, 9.17) is 0 Å². The minimum atomic E-state index is -0.0529. The van der Waals surface area contributed by atoms with E-state index in [-0.39, 0.29) is 29.8 Å². The van der Waals surface area contributed by atoms with Gasteiger partial charge in [-0.25, -0.2) is 0 Å². The van der Waals surface area contributed by atoms with Crippen LogP contribution in [0.15, 0.2) is 0 Å². The van der Waals surface area contributed by atoms with Crippen molar-refractivity contribution >= 4 is 11.8 Å². The van der Waals surface area contributed by atoms with Crippen molar-refractivity contribution in [3.05, 3.63) is 0 Å². The molecule has 1 unspecified atom stereocenters. The predicted octanol–water partition coefficient (Wildman–Crippen LogP) is 3.79. The Balaban J connectivity index is 1.37. The van der Waals surface area contributed by atoms with E-state index in [1.165, 1.54) is 51.4 Å². The second kappa shape index (κ2) is 8.09. The zero-order valence-corrected chi connectivity index (χ0v) is 16.1. The summed E-state index contributed by atoms with van der Waals surface area (Å²) in [5, 5.41) is 5.88. The fourth-order valence-corrected chi connectivity index (χ4v) is 6.19. The highest BCUT2D eigenvalue weighted by atomic mass is 16.2. The molecular formula is C21H36N2O2. The Morgan fingerprint density at radius 1 is 1.00 bits per heavy atom. The van der Waals surface area contributed by atoms with Gasteiger partial charge in [0.25, 0.3) is 0 Å². The lowest BCUT2D eigenvalue weighted by molar-refractivity contribution is -0.132. The standard InChI is InChI=1S/C21H36N2O2/c1-3-4-5-6-15(2)23-20(25)14-22-19(24)13-21-10-16-7-17(11-21)9-18(8-16)12-21/h15-18H,3-14H2,1-2H3,(H,22,24)(H,23,25). The molecule has 142 valence electrons. The number of nitrogens with one attached hydrogen (secondary N) is 2. The van der Waals surface area contributed by atoms with Gasteiger partial charge in [-0.1, -0.05) is 26.2 Å². The fourth-order valence-electron chi connectivity index (χ4n) is 6.19. The summed E-state index contributed by atoms with van der Waals surface area (Å²) in [6.07, 6.45) is 13.1. The molecule has 4 aliphatic rings. The van der Waals surface area contributed by atoms with Gasteiger partial charge in [-0.2, -0.15) is 0 Å². The Kier molecular flexibility index (Phi) is 6.06. The molecule has 0 aromatic carbocycles. The first-order chi connectivity index (χ1) is 12.0. The maximum Gasteiger partial charge on any atom is 0.239 e. The molecule has 0 radical (unpaired) electrons. The summed E-state index contributed by atoms with van der Waals surface area (Å²) in [4.78, 5) is 24.5. The van der Waals surface area contributed by atoms with Crippen LogP contribution < -0.4 is 10.6 Å². The number of hydrogen-bond donors (Lipinski definition) is 2. The molecule has 1 atom stereocenters. The predicted molar refractivity (Wildman–Crippen MR) is 100.0 cm³/mol. The molecule has 0 saturated heterocycles. The van der Waals surface area contributed by atoms with Crippen molar-refractivity contribution in [2.45, 2.75) is 90.5 Å². The third-order valence-electron chi connectivity index (χ3n) is 6.79. The lowest BCUT2D eigenvalue weighted by Crippen LogP contribution is -2.48. The number of carbonyl (C=O) groups is 2. The van der Waals surface area contributed by atoms with E-state index < -0.39 is 0 Å². The second-order valence-corrected chi connectivity index (χ2v) is 9.34. The van der Waals surface area contributed by atoms with E-state index in [1.54, 1.807) is 0 Å². The molecule has 4 nitrogen and oxygen atoms in total. The molecule has 0 aromatic rings. The summed E-state index contributed by atoms with van der Waals surface area (Å²) in [7, 11) is 0. The largest absolute Gasteiger partial charge is 0.352 e. The molecule has 0 aromatic heterocycles. The van der Waals surface area contributed by atoms with E-state index in [0.29, 0.717) is 6.42 Å². The van der Waals surface area contributed by atoms with Crippen molar-refractivity contribution in [3.8, 4) is 0 Å². The zero-order chi connectivity index (χ0) is 17.9. The zero-order valence-electron chi connectivity index (χ0n) is 16.1. The van der Waals surface area contributed by atoms with Crippen LogP contribution in [0.25, 0.3) is 0 Å². The summed E-state index contributed by atoms with van der Waals surface area (Å²) in [5.74, 6) is 2.63. The highest BCUT2D eigenvalue weighted by Gasteiger charge is 2.51. The molecule has 25 heavy (non-hydrogen) atoms. The third kappa shape index (κ3) is 4.98. The minimum Gasteiger partial charge on any atom is -0.352 e. The van der Waals surface area contributed by atoms with Crippen molar-refractivity contribution in [2.75, 3.05) is 6.54 Å². The number of unbranched alkanes of at least 4 members (excludes halogenated alkanes) is 2. The topological polar surface area (TPSA) is 58.2 Å². The Hall–Kier alpha value is -1.06. The molecule has 0 spiro atoms. The summed E-state index contributed by atoms with van der Waals surface area (Å²) in [6.45, 7) is 4.36. The summed E-state index contributed by atoms with van der Waals surface area (Å²) in [6, 6.07) is 0.194. The Bertz CT molecular complexity index is 453. The van der Waals surface area contributed by atoms with E-state index in [9.17, 15) is 9.59 Å². The van der Waals surface area contributed by atoms with Gasteiger partial charge < -0.3 is 10.6 Å². The molecule has 4 aliphatic carbocycles. The van der Waals surface area contributed by atoms with Crippen LogP contribution in [0.5, 0.6) is 0 Å². The molecule has 2 N–H and O–H groups in total. The number of amides is 2. The van der Waals surface area contributed by atoms with E-state index >= 15 is 0 Å². The highest BCUT2D eigenvalue weighted by Crippen LogP contribution is 2.61. The molecular weight excluding hydrogens is 312 g/mol. The smallest absolute Gasteiger partial charge is 0.239 e. The molecule has 0 aliphatic heterocycles. The van der Waals surface area contributed by atoms with Crippen LogP contribution in [-0.2, 0) is 9.59 Å². The minimum absolute atomic E-state index is 0.0529. The van der Waals surface area contributed by atoms with Gasteiger partial charge in [0.15, 0.2) is 0 Å². The number of hydrogen-bond acceptors (Lipinski definition) is 2. The van der Waals surface area contributed by atoms with Gasteiger partial charge >= 0.3 is 0 Å². The lowest BCUT2D eigenvalue weighted by atomic mass is 9.49. The SMILES string of the molecule is CCCCCC(C)NC(=O)CNC(=O)CC12CC3CC(CC(C3)C1)C2. The molecule has 4 heteroatoms. The maximum absolute atomic E-state index is 12.4. The van der Waals surface area contributed by atoms with Gasteiger partial charge in [0.2, 0.25) is 11.8 Å². The summed E-state index contributed by atoms with van der Waals surface area (Å²) >= 11 is 0. The summed E-state index contributed by atoms with van der Waals surface area (Å²) < 4.78 is 0. The number of carbonyl (C=O) groups excluding carboxylic acids is 2. The Labute approximate surface area is 152 Å². The van der Waals surface area contributed by atoms with E-state index in [2.05, 4.69) is 17.6 Å². The van der Waals surface area contributed by atoms with Gasteiger partial charge in [-0.05, 0) is 75.0 Å². The fraction of sp³-hybridized carbons (Fsp3) is 0.905. The first kappa shape index (κ1) is 18.7. The lowest BCUT2D eigenvalue weighted by Gasteiger charge is -2.56. The highest BCUT2D eigenvalue weighted by molar-refractivity contribution is 5.85. The second-order valence-electron chi connectivity index (χ2n) is 9.34. The van der Waals surface area contributed by atoms with Crippen molar-refractivity contribution in [1.82, 2.24) is 10.6 Å². The van der Waals surface area contributed by atoms with Crippen molar-refractivity contribution in [1.29, 1.82) is 0 Å². The molecule has 4 rings (SSSR count). The van der Waals surface area contributed by atoms with Gasteiger partial charge in [-0.3, -0.25) is 9.59 Å². The van der Waals surface area contributed by atoms with Gasteiger partial charge in [0, 0.05) is 12.5 Å². The molecule has 2 amide bonds. The van der Waals surface area contributed by atoms with Gasteiger partial charge in [0.1, 0.15) is 0 Å². The molecule has 0 heterocycles. The van der Waals surface area contributed by atoms with Crippen LogP contribution in [0.4, 0.5) is 0 Å². The van der Waals surface area contributed by atoms with E-state index in [1.807, 2.05) is 6.92 Å². The average Bonchev–Trinajstić information content (AvgIpc) is 2.51. The first-order valence-electron chi connectivity index (χ1n) is 10.5. The van der Waals surface area contributed by atoms with Crippen LogP contribution in [0.2, 0.25) is 0 Å². The van der Waals surface area contributed by atoms with Crippen LogP contribution >= 0.6 is 0 Å². The van der Waals surface area contributed by atoms with Crippen LogP contribution in [-0.4, -0.2) is 24.4 Å². The average molecular weight is 349 g/mol. The Morgan fingerprint density at radius 2 is 1.60 bits per heavy atom. The van der Waals surface area contributed by atoms with E-state index in [0.717, 1.165) is 30.6 Å². The quantitative estimate of drug-likeness (QED) is 0.623. The Morgan fingerprint density at radius 3 is 2.16 bits per heavy atom. The van der Waals surface area contributed by atoms with Crippen LogP contribution in [0, 0.1) is 23.2 Å². The maximum atomic E-state index is 12.4. The van der Waals surface area contributed by atoms with Crippen LogP contribution in [0.3, 0.4) is 0 Å². The van der Waals surface area contributed by atoms with Crippen molar-refractivity contribution < 1.29 is 9.59 Å². The molecule has 4 bridgehead atoms. The van der Waals surface area contributed by atoms with Gasteiger partial charge in [-0.15, -0.1) is 0 Å². The monoisotopic (exact) mass is 348 g/mol. The van der Waals surface area contributed by atoms with Crippen LogP contribution in [0.1, 0.15) is 84.5 Å². The molecule has 4 saturated carbocycles.